The molecule has 0 aliphatic heterocycles. The third-order valence-electron chi connectivity index (χ3n) is 6.08. The van der Waals surface area contributed by atoms with Gasteiger partial charge in [0.05, 0.1) is 17.8 Å². The van der Waals surface area contributed by atoms with E-state index in [1.54, 1.807) is 12.1 Å². The number of benzene rings is 2. The quantitative estimate of drug-likeness (QED) is 0.361. The highest BCUT2D eigenvalue weighted by Crippen LogP contribution is 2.30. The summed E-state index contributed by atoms with van der Waals surface area (Å²) in [7, 11) is 0. The predicted molar refractivity (Wildman–Crippen MR) is 131 cm³/mol. The molecule has 5 rings (SSSR count). The molecule has 1 aliphatic rings. The molecule has 33 heavy (non-hydrogen) atoms. The van der Waals surface area contributed by atoms with E-state index >= 15 is 0 Å². The summed E-state index contributed by atoms with van der Waals surface area (Å²) in [6.45, 7) is 0. The Balaban J connectivity index is 1.44. The number of imidazole rings is 1. The van der Waals surface area contributed by atoms with Crippen LogP contribution in [0.25, 0.3) is 16.9 Å². The molecule has 0 saturated heterocycles. The first-order valence-electron chi connectivity index (χ1n) is 11.4. The Morgan fingerprint density at radius 1 is 1.00 bits per heavy atom. The highest BCUT2D eigenvalue weighted by Gasteiger charge is 2.20. The number of nitrogens with zero attached hydrogens (tertiary/aromatic N) is 2. The van der Waals surface area contributed by atoms with E-state index in [0.717, 1.165) is 35.4 Å². The summed E-state index contributed by atoms with van der Waals surface area (Å²) in [5, 5.41) is 3.90. The molecule has 5 nitrogen and oxygen atoms in total. The molecule has 1 saturated carbocycles. The van der Waals surface area contributed by atoms with Crippen molar-refractivity contribution in [2.24, 2.45) is 0 Å². The van der Waals surface area contributed by atoms with Crippen LogP contribution < -0.4 is 10.1 Å². The van der Waals surface area contributed by atoms with Gasteiger partial charge in [-0.2, -0.15) is 0 Å². The van der Waals surface area contributed by atoms with E-state index in [2.05, 4.69) is 5.32 Å². The minimum atomic E-state index is 0.0439. The van der Waals surface area contributed by atoms with Gasteiger partial charge in [-0.1, -0.05) is 49.1 Å². The van der Waals surface area contributed by atoms with Gasteiger partial charge in [-0.25, -0.2) is 4.98 Å². The lowest BCUT2D eigenvalue weighted by Gasteiger charge is -2.22. The smallest absolute Gasteiger partial charge is 0.226 e. The summed E-state index contributed by atoms with van der Waals surface area (Å²) in [5.74, 6) is 1.45. The molecular weight excluding hydrogens is 434 g/mol. The Bertz CT molecular complexity index is 1260. The molecule has 0 unspecified atom stereocenters. The van der Waals surface area contributed by atoms with E-state index in [0.29, 0.717) is 16.5 Å². The Morgan fingerprint density at radius 2 is 1.82 bits per heavy atom. The number of hydrogen-bond acceptors (Lipinski definition) is 3. The number of carbonyl (C=O) groups excluding carboxylic acids is 1. The van der Waals surface area contributed by atoms with E-state index in [1.807, 2.05) is 65.2 Å². The lowest BCUT2D eigenvalue weighted by atomic mass is 9.95. The summed E-state index contributed by atoms with van der Waals surface area (Å²) in [6, 6.07) is 21.2. The molecular formula is C27H26ClN3O2. The van der Waals surface area contributed by atoms with E-state index in [4.69, 9.17) is 21.3 Å². The number of amides is 1. The molecule has 0 spiro atoms. The average Bonchev–Trinajstić information content (AvgIpc) is 3.20. The number of carbonyl (C=O) groups is 1. The monoisotopic (exact) mass is 459 g/mol. The number of halogens is 1. The number of ether oxygens (including phenoxy) is 1. The second-order valence-electron chi connectivity index (χ2n) is 8.50. The van der Waals surface area contributed by atoms with Crippen LogP contribution in [-0.4, -0.2) is 21.3 Å². The van der Waals surface area contributed by atoms with Crippen LogP contribution in [0.4, 0.5) is 0 Å². The van der Waals surface area contributed by atoms with Crippen LogP contribution in [0.5, 0.6) is 11.5 Å². The van der Waals surface area contributed by atoms with Crippen LogP contribution in [0.2, 0.25) is 5.02 Å². The first kappa shape index (κ1) is 21.5. The van der Waals surface area contributed by atoms with Crippen molar-refractivity contribution in [3.63, 3.8) is 0 Å². The van der Waals surface area contributed by atoms with Crippen molar-refractivity contribution >= 4 is 23.2 Å². The maximum Gasteiger partial charge on any atom is 0.226 e. The van der Waals surface area contributed by atoms with Crippen molar-refractivity contribution in [2.45, 2.75) is 44.6 Å². The maximum atomic E-state index is 13.0. The SMILES string of the molecule is O=C(Cc1c(-c2cccc(Oc3ccc(Cl)cc3)c2)nc2ccccn12)NC1CCCCC1. The number of aromatic nitrogens is 2. The molecule has 4 aromatic rings. The average molecular weight is 460 g/mol. The van der Waals surface area contributed by atoms with Gasteiger partial charge in [0.25, 0.3) is 0 Å². The highest BCUT2D eigenvalue weighted by molar-refractivity contribution is 6.30. The summed E-state index contributed by atoms with van der Waals surface area (Å²) in [6.07, 6.45) is 8.00. The third-order valence-corrected chi connectivity index (χ3v) is 6.34. The van der Waals surface area contributed by atoms with Crippen LogP contribution in [0.1, 0.15) is 37.8 Å². The molecule has 6 heteroatoms. The maximum absolute atomic E-state index is 13.0. The number of fused-ring (bicyclic) bond motifs is 1. The molecule has 2 heterocycles. The van der Waals surface area contributed by atoms with Crippen LogP contribution in [0.3, 0.4) is 0 Å². The molecule has 1 fully saturated rings. The van der Waals surface area contributed by atoms with Gasteiger partial charge in [-0.15, -0.1) is 0 Å². The summed E-state index contributed by atoms with van der Waals surface area (Å²) < 4.78 is 8.02. The van der Waals surface area contributed by atoms with Gasteiger partial charge >= 0.3 is 0 Å². The zero-order chi connectivity index (χ0) is 22.6. The minimum absolute atomic E-state index is 0.0439. The number of hydrogen-bond donors (Lipinski definition) is 1. The molecule has 0 bridgehead atoms. The second kappa shape index (κ2) is 9.67. The van der Waals surface area contributed by atoms with Crippen LogP contribution in [-0.2, 0) is 11.2 Å². The fourth-order valence-electron chi connectivity index (χ4n) is 4.47. The zero-order valence-corrected chi connectivity index (χ0v) is 19.1. The lowest BCUT2D eigenvalue weighted by molar-refractivity contribution is -0.121. The predicted octanol–water partition coefficient (Wildman–Crippen LogP) is 6.44. The minimum Gasteiger partial charge on any atom is -0.457 e. The van der Waals surface area contributed by atoms with Crippen molar-refractivity contribution in [1.82, 2.24) is 14.7 Å². The van der Waals surface area contributed by atoms with Gasteiger partial charge < -0.3 is 14.5 Å². The standard InChI is InChI=1S/C27H26ClN3O2/c28-20-12-14-22(15-13-20)33-23-10-6-7-19(17-23)27-24(31-16-5-4-11-25(31)30-27)18-26(32)29-21-8-2-1-3-9-21/h4-7,10-17,21H,1-3,8-9,18H2,(H,29,32). The summed E-state index contributed by atoms with van der Waals surface area (Å²) in [4.78, 5) is 17.8. The first-order valence-corrected chi connectivity index (χ1v) is 11.8. The molecule has 0 atom stereocenters. The van der Waals surface area contributed by atoms with Gasteiger partial charge in [0.2, 0.25) is 5.91 Å². The fourth-order valence-corrected chi connectivity index (χ4v) is 4.60. The van der Waals surface area contributed by atoms with E-state index in [1.165, 1.54) is 19.3 Å². The molecule has 1 amide bonds. The van der Waals surface area contributed by atoms with Crippen LogP contribution >= 0.6 is 11.6 Å². The molecule has 168 valence electrons. The number of pyridine rings is 1. The fraction of sp³-hybridized carbons (Fsp3) is 0.259. The van der Waals surface area contributed by atoms with Crippen molar-refractivity contribution in [1.29, 1.82) is 0 Å². The third kappa shape index (κ3) is 5.04. The molecule has 2 aromatic heterocycles. The van der Waals surface area contributed by atoms with Crippen LogP contribution in [0, 0.1) is 0 Å². The largest absolute Gasteiger partial charge is 0.457 e. The second-order valence-corrected chi connectivity index (χ2v) is 8.94. The van der Waals surface area contributed by atoms with Gasteiger partial charge in [0, 0.05) is 22.8 Å². The van der Waals surface area contributed by atoms with Gasteiger partial charge in [-0.3, -0.25) is 4.79 Å². The van der Waals surface area contributed by atoms with Crippen molar-refractivity contribution < 1.29 is 9.53 Å². The zero-order valence-electron chi connectivity index (χ0n) is 18.3. The number of rotatable bonds is 6. The van der Waals surface area contributed by atoms with Gasteiger partial charge in [0.15, 0.2) is 0 Å². The highest BCUT2D eigenvalue weighted by atomic mass is 35.5. The molecule has 0 radical (unpaired) electrons. The van der Waals surface area contributed by atoms with Gasteiger partial charge in [0.1, 0.15) is 17.1 Å². The van der Waals surface area contributed by atoms with E-state index < -0.39 is 0 Å². The number of nitrogens with one attached hydrogen (secondary N) is 1. The molecule has 1 N–H and O–H groups in total. The Kier molecular flexibility index (Phi) is 6.31. The normalized spacial score (nSPS) is 14.3. The molecule has 1 aliphatic carbocycles. The first-order chi connectivity index (χ1) is 16.2. The van der Waals surface area contributed by atoms with Crippen molar-refractivity contribution in [3.8, 4) is 22.8 Å². The topological polar surface area (TPSA) is 55.6 Å². The Hall–Kier alpha value is -3.31. The van der Waals surface area contributed by atoms with Crippen molar-refractivity contribution in [2.75, 3.05) is 0 Å². The Morgan fingerprint density at radius 3 is 2.64 bits per heavy atom. The van der Waals surface area contributed by atoms with Crippen LogP contribution in [0.15, 0.2) is 72.9 Å². The summed E-state index contributed by atoms with van der Waals surface area (Å²) in [5.41, 5.74) is 3.40. The molecule has 2 aromatic carbocycles. The summed E-state index contributed by atoms with van der Waals surface area (Å²) >= 11 is 5.98. The lowest BCUT2D eigenvalue weighted by Crippen LogP contribution is -2.37. The van der Waals surface area contributed by atoms with E-state index in [-0.39, 0.29) is 18.4 Å². The van der Waals surface area contributed by atoms with Gasteiger partial charge in [-0.05, 0) is 61.4 Å². The Labute approximate surface area is 198 Å². The van der Waals surface area contributed by atoms with Crippen molar-refractivity contribution in [3.05, 3.63) is 83.6 Å². The van der Waals surface area contributed by atoms with E-state index in [9.17, 15) is 4.79 Å².